The molecule has 1 atom stereocenters. The van der Waals surface area contributed by atoms with Crippen LogP contribution in [0.25, 0.3) is 0 Å². The summed E-state index contributed by atoms with van der Waals surface area (Å²) in [5.74, 6) is 7.51. The first kappa shape index (κ1) is 20.5. The van der Waals surface area contributed by atoms with Gasteiger partial charge in [-0.15, -0.1) is 10.2 Å². The summed E-state index contributed by atoms with van der Waals surface area (Å²) < 4.78 is 7.20. The lowest BCUT2D eigenvalue weighted by Gasteiger charge is -2.19. The number of nitrogens with two attached hydrogens (primary N) is 1. The van der Waals surface area contributed by atoms with E-state index in [0.29, 0.717) is 11.0 Å². The number of ether oxygens (including phenoxy) is 1. The Morgan fingerprint density at radius 1 is 1.21 bits per heavy atom. The second kappa shape index (κ2) is 8.43. The molecule has 2 aromatic rings. The fourth-order valence-corrected chi connectivity index (χ4v) is 3.96. The van der Waals surface area contributed by atoms with Gasteiger partial charge in [0, 0.05) is 13.1 Å². The van der Waals surface area contributed by atoms with Crippen molar-refractivity contribution in [1.29, 1.82) is 0 Å². The largest absolute Gasteiger partial charge is 0.486 e. The molecule has 1 fully saturated rings. The lowest BCUT2D eigenvalue weighted by molar-refractivity contribution is -0.129. The van der Waals surface area contributed by atoms with Crippen LogP contribution in [0, 0.1) is 0 Å². The lowest BCUT2D eigenvalue weighted by Crippen LogP contribution is -2.34. The summed E-state index contributed by atoms with van der Waals surface area (Å²) in [6, 6.07) is 8.03. The molecule has 1 amide bonds. The molecule has 2 N–H and O–H groups in total. The number of thioether (sulfide) groups is 1. The van der Waals surface area contributed by atoms with Crippen molar-refractivity contribution in [1.82, 2.24) is 19.8 Å². The van der Waals surface area contributed by atoms with Gasteiger partial charge in [0.1, 0.15) is 12.4 Å². The Hall–Kier alpha value is -2.22. The average molecular weight is 404 g/mol. The van der Waals surface area contributed by atoms with Crippen molar-refractivity contribution in [3.05, 3.63) is 35.7 Å². The van der Waals surface area contributed by atoms with E-state index < -0.39 is 0 Å². The summed E-state index contributed by atoms with van der Waals surface area (Å²) >= 11 is 1.33. The lowest BCUT2D eigenvalue weighted by atomic mass is 9.87. The van der Waals surface area contributed by atoms with Crippen LogP contribution in [0.3, 0.4) is 0 Å². The monoisotopic (exact) mass is 403 g/mol. The predicted octanol–water partition coefficient (Wildman–Crippen LogP) is 2.97. The van der Waals surface area contributed by atoms with Crippen LogP contribution in [0.4, 0.5) is 0 Å². The Morgan fingerprint density at radius 2 is 1.86 bits per heavy atom. The maximum absolute atomic E-state index is 12.5. The smallest absolute Gasteiger partial charge is 0.235 e. The third kappa shape index (κ3) is 4.79. The minimum Gasteiger partial charge on any atom is -0.486 e. The first-order chi connectivity index (χ1) is 13.3. The van der Waals surface area contributed by atoms with Gasteiger partial charge in [0.25, 0.3) is 0 Å². The van der Waals surface area contributed by atoms with Gasteiger partial charge in [0.2, 0.25) is 11.1 Å². The molecule has 28 heavy (non-hydrogen) atoms. The van der Waals surface area contributed by atoms with Crippen LogP contribution < -0.4 is 10.6 Å². The quantitative estimate of drug-likeness (QED) is 0.589. The van der Waals surface area contributed by atoms with E-state index in [4.69, 9.17) is 10.6 Å². The molecule has 152 valence electrons. The summed E-state index contributed by atoms with van der Waals surface area (Å²) in [5, 5.41) is 8.51. The van der Waals surface area contributed by atoms with E-state index in [9.17, 15) is 4.79 Å². The maximum atomic E-state index is 12.5. The number of hydrogen-bond acceptors (Lipinski definition) is 6. The van der Waals surface area contributed by atoms with Gasteiger partial charge in [-0.1, -0.05) is 44.7 Å². The molecular formula is C20H29N5O2S. The number of likely N-dealkylation sites (tertiary alicyclic amines) is 1. The Kier molecular flexibility index (Phi) is 6.17. The molecule has 1 aromatic carbocycles. The predicted molar refractivity (Wildman–Crippen MR) is 111 cm³/mol. The van der Waals surface area contributed by atoms with Gasteiger partial charge in [0.05, 0.1) is 5.25 Å². The molecule has 3 rings (SSSR count). The molecule has 1 aromatic heterocycles. The summed E-state index contributed by atoms with van der Waals surface area (Å²) in [6.45, 7) is 10.3. The van der Waals surface area contributed by atoms with Gasteiger partial charge in [-0.25, -0.2) is 4.68 Å². The number of hydrogen-bond donors (Lipinski definition) is 1. The highest BCUT2D eigenvalue weighted by Gasteiger charge is 2.26. The Morgan fingerprint density at radius 3 is 2.46 bits per heavy atom. The molecule has 1 saturated heterocycles. The molecular weight excluding hydrogens is 374 g/mol. The zero-order chi connectivity index (χ0) is 20.3. The second-order valence-electron chi connectivity index (χ2n) is 8.12. The second-order valence-corrected chi connectivity index (χ2v) is 9.43. The molecule has 1 aliphatic rings. The third-order valence-electron chi connectivity index (χ3n) is 4.87. The SMILES string of the molecule is CC(Sc1nnc(COc2ccc(C(C)(C)C)cc2)n1N)C(=O)N1CCCC1. The molecule has 0 bridgehead atoms. The third-order valence-corrected chi connectivity index (χ3v) is 5.92. The van der Waals surface area contributed by atoms with Gasteiger partial charge in [-0.2, -0.15) is 0 Å². The Bertz CT molecular complexity index is 807. The topological polar surface area (TPSA) is 86.3 Å². The van der Waals surface area contributed by atoms with Crippen molar-refractivity contribution in [2.24, 2.45) is 0 Å². The van der Waals surface area contributed by atoms with Crippen molar-refractivity contribution in [3.8, 4) is 5.75 Å². The molecule has 0 spiro atoms. The first-order valence-corrected chi connectivity index (χ1v) is 10.5. The van der Waals surface area contributed by atoms with E-state index in [1.54, 1.807) is 0 Å². The van der Waals surface area contributed by atoms with Gasteiger partial charge >= 0.3 is 0 Å². The summed E-state index contributed by atoms with van der Waals surface area (Å²) in [6.07, 6.45) is 2.16. The maximum Gasteiger partial charge on any atom is 0.235 e. The van der Waals surface area contributed by atoms with E-state index in [-0.39, 0.29) is 23.2 Å². The van der Waals surface area contributed by atoms with Crippen LogP contribution in [-0.4, -0.2) is 44.0 Å². The average Bonchev–Trinajstić information content (AvgIpc) is 3.30. The standard InChI is InChI=1S/C20H29N5O2S/c1-14(18(26)24-11-5-6-12-24)28-19-23-22-17(25(19)21)13-27-16-9-7-15(8-10-16)20(2,3)4/h7-10,14H,5-6,11-13,21H2,1-4H3. The highest BCUT2D eigenvalue weighted by Crippen LogP contribution is 2.26. The van der Waals surface area contributed by atoms with Crippen molar-refractivity contribution in [3.63, 3.8) is 0 Å². The van der Waals surface area contributed by atoms with Crippen molar-refractivity contribution < 1.29 is 9.53 Å². The zero-order valence-corrected chi connectivity index (χ0v) is 17.8. The van der Waals surface area contributed by atoms with Crippen molar-refractivity contribution in [2.45, 2.75) is 63.0 Å². The van der Waals surface area contributed by atoms with E-state index >= 15 is 0 Å². The van der Waals surface area contributed by atoms with Crippen LogP contribution in [0.15, 0.2) is 29.4 Å². The van der Waals surface area contributed by atoms with Crippen LogP contribution in [0.2, 0.25) is 0 Å². The number of carbonyl (C=O) groups excluding carboxylic acids is 1. The summed E-state index contributed by atoms with van der Waals surface area (Å²) in [7, 11) is 0. The number of benzene rings is 1. The molecule has 2 heterocycles. The van der Waals surface area contributed by atoms with E-state index in [1.807, 2.05) is 24.0 Å². The van der Waals surface area contributed by atoms with E-state index in [0.717, 1.165) is 31.7 Å². The minimum absolute atomic E-state index is 0.102. The summed E-state index contributed by atoms with van der Waals surface area (Å²) in [4.78, 5) is 14.4. The molecule has 1 unspecified atom stereocenters. The van der Waals surface area contributed by atoms with E-state index in [2.05, 4.69) is 43.1 Å². The minimum atomic E-state index is -0.247. The van der Waals surface area contributed by atoms with Gasteiger partial charge < -0.3 is 15.5 Å². The van der Waals surface area contributed by atoms with Crippen LogP contribution in [0.5, 0.6) is 5.75 Å². The number of rotatable bonds is 6. The number of nitrogens with zero attached hydrogens (tertiary/aromatic N) is 4. The molecule has 0 saturated carbocycles. The van der Waals surface area contributed by atoms with Gasteiger partial charge in [-0.05, 0) is 42.9 Å². The molecule has 7 nitrogen and oxygen atoms in total. The highest BCUT2D eigenvalue weighted by molar-refractivity contribution is 8.00. The fraction of sp³-hybridized carbons (Fsp3) is 0.550. The van der Waals surface area contributed by atoms with Crippen LogP contribution in [0.1, 0.15) is 51.9 Å². The fourth-order valence-electron chi connectivity index (χ4n) is 3.09. The number of nitrogen functional groups attached to an aromatic ring is 1. The number of aromatic nitrogens is 3. The van der Waals surface area contributed by atoms with Crippen molar-refractivity contribution in [2.75, 3.05) is 18.9 Å². The first-order valence-electron chi connectivity index (χ1n) is 9.64. The van der Waals surface area contributed by atoms with Gasteiger partial charge in [-0.3, -0.25) is 4.79 Å². The molecule has 1 aliphatic heterocycles. The Labute approximate surface area is 170 Å². The van der Waals surface area contributed by atoms with Gasteiger partial charge in [0.15, 0.2) is 5.82 Å². The molecule has 8 heteroatoms. The Balaban J connectivity index is 1.57. The van der Waals surface area contributed by atoms with E-state index in [1.165, 1.54) is 22.0 Å². The normalized spacial score (nSPS) is 15.6. The number of carbonyl (C=O) groups is 1. The number of amides is 1. The highest BCUT2D eigenvalue weighted by atomic mass is 32.2. The van der Waals surface area contributed by atoms with Crippen molar-refractivity contribution >= 4 is 17.7 Å². The van der Waals surface area contributed by atoms with Crippen LogP contribution >= 0.6 is 11.8 Å². The molecule has 0 radical (unpaired) electrons. The summed E-state index contributed by atoms with van der Waals surface area (Å²) in [5.41, 5.74) is 1.35. The zero-order valence-electron chi connectivity index (χ0n) is 17.0. The molecule has 0 aliphatic carbocycles. The van der Waals surface area contributed by atoms with Crippen LogP contribution in [-0.2, 0) is 16.8 Å².